The molecule has 0 bridgehead atoms. The molecule has 3 aromatic carbocycles. The fraction of sp³-hybridized carbons (Fsp3) is 0.0345. The van der Waals surface area contributed by atoms with Gasteiger partial charge in [-0.2, -0.15) is 0 Å². The molecule has 0 spiro atoms. The van der Waals surface area contributed by atoms with Crippen LogP contribution in [0.2, 0.25) is 5.02 Å². The second kappa shape index (κ2) is 8.89. The predicted molar refractivity (Wildman–Crippen MR) is 131 cm³/mol. The van der Waals surface area contributed by atoms with Gasteiger partial charge >= 0.3 is 0 Å². The molecule has 33 heavy (non-hydrogen) atoms. The maximum atomic E-state index is 13.4. The fourth-order valence-corrected chi connectivity index (χ4v) is 4.16. The van der Waals surface area contributed by atoms with Crippen LogP contribution in [-0.4, -0.2) is 16.0 Å². The topological polar surface area (TPSA) is 38.5 Å². The molecule has 0 aliphatic rings. The molecule has 0 unspecified atom stereocenters. The molecule has 0 aliphatic carbocycles. The first kappa shape index (κ1) is 20.9. The molecule has 4 heteroatoms. The molecule has 0 saturated heterocycles. The van der Waals surface area contributed by atoms with E-state index in [4.69, 9.17) is 11.6 Å². The van der Waals surface area contributed by atoms with Crippen LogP contribution in [0.15, 0.2) is 109 Å². The lowest BCUT2D eigenvalue weighted by molar-refractivity contribution is 0.103. The summed E-state index contributed by atoms with van der Waals surface area (Å²) in [5.41, 5.74) is 5.02. The van der Waals surface area contributed by atoms with E-state index >= 15 is 0 Å². The van der Waals surface area contributed by atoms with E-state index in [-0.39, 0.29) is 11.6 Å². The summed E-state index contributed by atoms with van der Waals surface area (Å²) >= 11 is 5.99. The average Bonchev–Trinajstić information content (AvgIpc) is 3.23. The van der Waals surface area contributed by atoms with Crippen molar-refractivity contribution in [2.45, 2.75) is 6.42 Å². The SMILES string of the molecule is O=C(c1ccccc1)c1cc(C(=O)c2ccc(Cl)cc2)n2ccc(Cc3ccccc3)cc12. The van der Waals surface area contributed by atoms with Crippen LogP contribution in [0.4, 0.5) is 0 Å². The number of benzene rings is 3. The molecule has 2 heterocycles. The number of pyridine rings is 1. The second-order valence-electron chi connectivity index (χ2n) is 7.93. The van der Waals surface area contributed by atoms with Gasteiger partial charge in [-0.25, -0.2) is 0 Å². The van der Waals surface area contributed by atoms with Crippen molar-refractivity contribution in [2.24, 2.45) is 0 Å². The molecule has 0 N–H and O–H groups in total. The third-order valence-electron chi connectivity index (χ3n) is 5.71. The van der Waals surface area contributed by atoms with Crippen molar-refractivity contribution < 1.29 is 9.59 Å². The fourth-order valence-electron chi connectivity index (χ4n) is 4.03. The summed E-state index contributed by atoms with van der Waals surface area (Å²) in [6, 6.07) is 31.8. The molecule has 0 radical (unpaired) electrons. The highest BCUT2D eigenvalue weighted by Gasteiger charge is 2.22. The predicted octanol–water partition coefficient (Wildman–Crippen LogP) is 6.65. The van der Waals surface area contributed by atoms with Crippen molar-refractivity contribution in [3.05, 3.63) is 148 Å². The number of ketones is 2. The van der Waals surface area contributed by atoms with E-state index in [1.165, 1.54) is 5.56 Å². The summed E-state index contributed by atoms with van der Waals surface area (Å²) in [6.07, 6.45) is 2.61. The minimum Gasteiger partial charge on any atom is -0.313 e. The Kier molecular flexibility index (Phi) is 5.64. The number of nitrogens with zero attached hydrogens (tertiary/aromatic N) is 1. The molecular formula is C29H20ClNO2. The van der Waals surface area contributed by atoms with E-state index in [2.05, 4.69) is 12.1 Å². The smallest absolute Gasteiger partial charge is 0.209 e. The summed E-state index contributed by atoms with van der Waals surface area (Å²) in [4.78, 5) is 26.7. The van der Waals surface area contributed by atoms with Crippen LogP contribution in [0.3, 0.4) is 0 Å². The zero-order valence-corrected chi connectivity index (χ0v) is 18.5. The van der Waals surface area contributed by atoms with Crippen molar-refractivity contribution in [2.75, 3.05) is 0 Å². The van der Waals surface area contributed by atoms with Crippen molar-refractivity contribution in [1.29, 1.82) is 0 Å². The van der Waals surface area contributed by atoms with Gasteiger partial charge in [-0.3, -0.25) is 9.59 Å². The Bertz CT molecular complexity index is 1450. The van der Waals surface area contributed by atoms with E-state index in [9.17, 15) is 9.59 Å². The number of hydrogen-bond donors (Lipinski definition) is 0. The molecule has 2 aromatic heterocycles. The summed E-state index contributed by atoms with van der Waals surface area (Å²) < 4.78 is 1.81. The minimum absolute atomic E-state index is 0.111. The number of fused-ring (bicyclic) bond motifs is 1. The summed E-state index contributed by atoms with van der Waals surface area (Å²) in [5, 5.41) is 0.567. The quantitative estimate of drug-likeness (QED) is 0.272. The zero-order chi connectivity index (χ0) is 22.8. The van der Waals surface area contributed by atoms with Crippen LogP contribution in [0.5, 0.6) is 0 Å². The van der Waals surface area contributed by atoms with Crippen molar-refractivity contribution in [1.82, 2.24) is 4.40 Å². The first-order chi connectivity index (χ1) is 16.1. The monoisotopic (exact) mass is 449 g/mol. The van der Waals surface area contributed by atoms with Crippen molar-refractivity contribution >= 4 is 28.7 Å². The Morgan fingerprint density at radius 3 is 2.00 bits per heavy atom. The second-order valence-corrected chi connectivity index (χ2v) is 8.36. The van der Waals surface area contributed by atoms with Crippen LogP contribution in [0.1, 0.15) is 43.1 Å². The summed E-state index contributed by atoms with van der Waals surface area (Å²) in [7, 11) is 0. The Hall–Kier alpha value is -3.95. The van der Waals surface area contributed by atoms with E-state index in [0.29, 0.717) is 27.4 Å². The number of aromatic nitrogens is 1. The van der Waals surface area contributed by atoms with Gasteiger partial charge in [0.1, 0.15) is 0 Å². The first-order valence-corrected chi connectivity index (χ1v) is 11.1. The van der Waals surface area contributed by atoms with Crippen LogP contribution < -0.4 is 0 Å². The lowest BCUT2D eigenvalue weighted by atomic mass is 10.0. The van der Waals surface area contributed by atoms with Gasteiger partial charge in [-0.15, -0.1) is 0 Å². The van der Waals surface area contributed by atoms with Crippen LogP contribution in [0.25, 0.3) is 5.52 Å². The Morgan fingerprint density at radius 1 is 0.667 bits per heavy atom. The van der Waals surface area contributed by atoms with Crippen LogP contribution in [-0.2, 0) is 6.42 Å². The maximum absolute atomic E-state index is 13.4. The highest BCUT2D eigenvalue weighted by Crippen LogP contribution is 2.25. The normalized spacial score (nSPS) is 10.9. The number of carbonyl (C=O) groups excluding carboxylic acids is 2. The van der Waals surface area contributed by atoms with E-state index in [0.717, 1.165) is 17.5 Å². The summed E-state index contributed by atoms with van der Waals surface area (Å²) in [5.74, 6) is -0.273. The minimum atomic E-state index is -0.162. The standard InChI is InChI=1S/C29H20ClNO2/c30-24-13-11-23(12-14-24)29(33)27-19-25(28(32)22-9-5-2-6-10-22)26-18-21(15-16-31(26)27)17-20-7-3-1-4-8-20/h1-16,18-19H,17H2. The maximum Gasteiger partial charge on any atom is 0.209 e. The van der Waals surface area contributed by atoms with Crippen LogP contribution in [0, 0.1) is 0 Å². The van der Waals surface area contributed by atoms with Crippen molar-refractivity contribution in [3.8, 4) is 0 Å². The lowest BCUT2D eigenvalue weighted by Gasteiger charge is -2.07. The van der Waals surface area contributed by atoms with Gasteiger partial charge in [0.2, 0.25) is 5.78 Å². The Balaban J connectivity index is 1.64. The highest BCUT2D eigenvalue weighted by molar-refractivity contribution is 6.30. The summed E-state index contributed by atoms with van der Waals surface area (Å²) in [6.45, 7) is 0. The molecule has 160 valence electrons. The number of rotatable bonds is 6. The molecule has 0 amide bonds. The van der Waals surface area contributed by atoms with Gasteiger partial charge in [0, 0.05) is 27.9 Å². The lowest BCUT2D eigenvalue weighted by Crippen LogP contribution is -2.05. The molecular weight excluding hydrogens is 430 g/mol. The van der Waals surface area contributed by atoms with E-state index < -0.39 is 0 Å². The van der Waals surface area contributed by atoms with E-state index in [1.807, 2.05) is 59.1 Å². The molecule has 5 aromatic rings. The molecule has 0 saturated carbocycles. The zero-order valence-electron chi connectivity index (χ0n) is 17.7. The molecule has 0 aliphatic heterocycles. The third kappa shape index (κ3) is 4.23. The number of carbonyl (C=O) groups is 2. The Labute approximate surface area is 196 Å². The molecule has 5 rings (SSSR count). The number of halogens is 1. The highest BCUT2D eigenvalue weighted by atomic mass is 35.5. The Morgan fingerprint density at radius 2 is 1.30 bits per heavy atom. The molecule has 0 atom stereocenters. The van der Waals surface area contributed by atoms with E-state index in [1.54, 1.807) is 42.5 Å². The first-order valence-electron chi connectivity index (χ1n) is 10.7. The molecule has 3 nitrogen and oxygen atoms in total. The van der Waals surface area contributed by atoms with Gasteiger partial charge in [0.05, 0.1) is 11.2 Å². The van der Waals surface area contributed by atoms with Gasteiger partial charge < -0.3 is 4.40 Å². The average molecular weight is 450 g/mol. The third-order valence-corrected chi connectivity index (χ3v) is 5.96. The van der Waals surface area contributed by atoms with Gasteiger partial charge in [-0.1, -0.05) is 72.3 Å². The van der Waals surface area contributed by atoms with Crippen LogP contribution >= 0.6 is 11.6 Å². The van der Waals surface area contributed by atoms with Gasteiger partial charge in [0.15, 0.2) is 5.78 Å². The number of hydrogen-bond acceptors (Lipinski definition) is 2. The molecule has 0 fully saturated rings. The largest absolute Gasteiger partial charge is 0.313 e. The van der Waals surface area contributed by atoms with Gasteiger partial charge in [0.25, 0.3) is 0 Å². The van der Waals surface area contributed by atoms with Crippen molar-refractivity contribution in [3.63, 3.8) is 0 Å². The van der Waals surface area contributed by atoms with Gasteiger partial charge in [-0.05, 0) is 60.0 Å².